The smallest absolute Gasteiger partial charge is 0.124 e. The Morgan fingerprint density at radius 1 is 1.27 bits per heavy atom. The minimum atomic E-state index is 0.273. The fourth-order valence-electron chi connectivity index (χ4n) is 1.40. The van der Waals surface area contributed by atoms with E-state index in [2.05, 4.69) is 32.2 Å². The zero-order chi connectivity index (χ0) is 11.3. The Balaban J connectivity index is 2.86. The molecule has 0 bridgehead atoms. The number of hydrogen-bond donors (Lipinski definition) is 1. The van der Waals surface area contributed by atoms with Crippen molar-refractivity contribution in [2.45, 2.75) is 39.3 Å². The van der Waals surface area contributed by atoms with Gasteiger partial charge in [0.15, 0.2) is 0 Å². The van der Waals surface area contributed by atoms with Crippen LogP contribution < -0.4 is 10.1 Å². The maximum atomic E-state index is 5.88. The van der Waals surface area contributed by atoms with E-state index in [1.807, 2.05) is 25.2 Å². The van der Waals surface area contributed by atoms with Gasteiger partial charge in [-0.25, -0.2) is 0 Å². The molecule has 2 unspecified atom stereocenters. The minimum Gasteiger partial charge on any atom is -0.490 e. The van der Waals surface area contributed by atoms with Gasteiger partial charge in [0.05, 0.1) is 6.10 Å². The number of para-hydroxylation sites is 1. The first-order chi connectivity index (χ1) is 7.19. The molecule has 15 heavy (non-hydrogen) atoms. The monoisotopic (exact) mass is 207 g/mol. The Morgan fingerprint density at radius 3 is 2.53 bits per heavy atom. The van der Waals surface area contributed by atoms with Crippen LogP contribution in [-0.2, 0) is 0 Å². The van der Waals surface area contributed by atoms with Crippen LogP contribution >= 0.6 is 0 Å². The second-order valence-electron chi connectivity index (χ2n) is 3.88. The van der Waals surface area contributed by atoms with Gasteiger partial charge in [-0.1, -0.05) is 25.1 Å². The first-order valence-corrected chi connectivity index (χ1v) is 5.61. The molecule has 0 aliphatic carbocycles. The van der Waals surface area contributed by atoms with E-state index >= 15 is 0 Å². The summed E-state index contributed by atoms with van der Waals surface area (Å²) in [4.78, 5) is 0. The van der Waals surface area contributed by atoms with Crippen LogP contribution in [0, 0.1) is 0 Å². The van der Waals surface area contributed by atoms with Gasteiger partial charge in [-0.2, -0.15) is 0 Å². The first kappa shape index (κ1) is 12.1. The molecule has 1 aromatic rings. The predicted octanol–water partition coefficient (Wildman–Crippen LogP) is 3.14. The maximum Gasteiger partial charge on any atom is 0.124 e. The van der Waals surface area contributed by atoms with Gasteiger partial charge >= 0.3 is 0 Å². The summed E-state index contributed by atoms with van der Waals surface area (Å²) in [6.07, 6.45) is 1.30. The molecule has 0 fully saturated rings. The number of hydrogen-bond acceptors (Lipinski definition) is 2. The third-order valence-corrected chi connectivity index (χ3v) is 2.72. The molecule has 0 saturated carbocycles. The van der Waals surface area contributed by atoms with Crippen molar-refractivity contribution in [2.75, 3.05) is 7.05 Å². The fourth-order valence-corrected chi connectivity index (χ4v) is 1.40. The van der Waals surface area contributed by atoms with Gasteiger partial charge in [0.2, 0.25) is 0 Å². The number of rotatable bonds is 5. The quantitative estimate of drug-likeness (QED) is 0.801. The van der Waals surface area contributed by atoms with Crippen molar-refractivity contribution >= 4 is 0 Å². The average molecular weight is 207 g/mol. The van der Waals surface area contributed by atoms with Crippen LogP contribution in [0.15, 0.2) is 24.3 Å². The van der Waals surface area contributed by atoms with Crippen LogP contribution in [0.3, 0.4) is 0 Å². The van der Waals surface area contributed by atoms with E-state index in [1.165, 1.54) is 5.56 Å². The number of ether oxygens (including phenoxy) is 1. The normalized spacial score (nSPS) is 14.7. The van der Waals surface area contributed by atoms with Gasteiger partial charge in [0.1, 0.15) is 5.75 Å². The summed E-state index contributed by atoms with van der Waals surface area (Å²) in [6.45, 7) is 6.37. The summed E-state index contributed by atoms with van der Waals surface area (Å²) >= 11 is 0. The average Bonchev–Trinajstić information content (AvgIpc) is 2.28. The van der Waals surface area contributed by atoms with Crippen molar-refractivity contribution in [1.82, 2.24) is 5.32 Å². The molecule has 84 valence electrons. The molecule has 2 heteroatoms. The predicted molar refractivity (Wildman–Crippen MR) is 64.3 cm³/mol. The van der Waals surface area contributed by atoms with E-state index in [0.29, 0.717) is 6.04 Å². The van der Waals surface area contributed by atoms with E-state index in [0.717, 1.165) is 12.2 Å². The molecule has 1 aromatic carbocycles. The highest BCUT2D eigenvalue weighted by atomic mass is 16.5. The third kappa shape index (κ3) is 3.24. The van der Waals surface area contributed by atoms with Gasteiger partial charge in [0.25, 0.3) is 0 Å². The lowest BCUT2D eigenvalue weighted by Crippen LogP contribution is -2.16. The Labute approximate surface area is 92.6 Å². The summed E-state index contributed by atoms with van der Waals surface area (Å²) in [7, 11) is 1.96. The van der Waals surface area contributed by atoms with E-state index in [4.69, 9.17) is 4.74 Å². The number of benzene rings is 1. The molecule has 0 saturated heterocycles. The lowest BCUT2D eigenvalue weighted by molar-refractivity contribution is 0.214. The molecule has 2 nitrogen and oxygen atoms in total. The molecule has 0 amide bonds. The topological polar surface area (TPSA) is 21.3 Å². The van der Waals surface area contributed by atoms with Crippen molar-refractivity contribution in [3.8, 4) is 5.75 Å². The Hall–Kier alpha value is -1.02. The molecule has 1 N–H and O–H groups in total. The zero-order valence-electron chi connectivity index (χ0n) is 10.1. The molecule has 0 spiro atoms. The van der Waals surface area contributed by atoms with Crippen LogP contribution in [0.2, 0.25) is 0 Å². The molecular weight excluding hydrogens is 186 g/mol. The fraction of sp³-hybridized carbons (Fsp3) is 0.538. The van der Waals surface area contributed by atoms with E-state index < -0.39 is 0 Å². The molecule has 0 aromatic heterocycles. The molecule has 0 heterocycles. The summed E-state index contributed by atoms with van der Waals surface area (Å²) < 4.78 is 5.88. The Morgan fingerprint density at radius 2 is 1.93 bits per heavy atom. The Bertz CT molecular complexity index is 298. The SMILES string of the molecule is CCC(C)Oc1ccccc1C(C)NC. The highest BCUT2D eigenvalue weighted by Crippen LogP contribution is 2.25. The molecule has 0 aliphatic rings. The molecule has 1 rings (SSSR count). The van der Waals surface area contributed by atoms with Gasteiger partial charge in [-0.15, -0.1) is 0 Å². The van der Waals surface area contributed by atoms with E-state index in [9.17, 15) is 0 Å². The van der Waals surface area contributed by atoms with Gasteiger partial charge in [-0.05, 0) is 33.4 Å². The molecule has 0 radical (unpaired) electrons. The first-order valence-electron chi connectivity index (χ1n) is 5.61. The highest BCUT2D eigenvalue weighted by molar-refractivity contribution is 5.35. The second kappa shape index (κ2) is 5.76. The van der Waals surface area contributed by atoms with Crippen molar-refractivity contribution in [3.05, 3.63) is 29.8 Å². The minimum absolute atomic E-state index is 0.273. The van der Waals surface area contributed by atoms with Crippen LogP contribution in [0.1, 0.15) is 38.8 Å². The highest BCUT2D eigenvalue weighted by Gasteiger charge is 2.10. The number of nitrogens with one attached hydrogen (secondary N) is 1. The Kier molecular flexibility index (Phi) is 4.63. The van der Waals surface area contributed by atoms with Crippen molar-refractivity contribution < 1.29 is 4.74 Å². The van der Waals surface area contributed by atoms with Crippen molar-refractivity contribution in [1.29, 1.82) is 0 Å². The third-order valence-electron chi connectivity index (χ3n) is 2.72. The summed E-state index contributed by atoms with van der Waals surface area (Å²) in [5.41, 5.74) is 1.22. The molecule has 0 aliphatic heterocycles. The van der Waals surface area contributed by atoms with E-state index in [-0.39, 0.29) is 6.10 Å². The largest absolute Gasteiger partial charge is 0.490 e. The van der Waals surface area contributed by atoms with Crippen molar-refractivity contribution in [3.63, 3.8) is 0 Å². The molecular formula is C13H21NO. The summed E-state index contributed by atoms with van der Waals surface area (Å²) in [5.74, 6) is 0.994. The van der Waals surface area contributed by atoms with Gasteiger partial charge in [0, 0.05) is 11.6 Å². The lowest BCUT2D eigenvalue weighted by Gasteiger charge is -2.19. The van der Waals surface area contributed by atoms with Crippen LogP contribution in [-0.4, -0.2) is 13.2 Å². The lowest BCUT2D eigenvalue weighted by atomic mass is 10.1. The van der Waals surface area contributed by atoms with E-state index in [1.54, 1.807) is 0 Å². The standard InChI is InChI=1S/C13H21NO/c1-5-10(2)15-13-9-7-6-8-12(13)11(3)14-4/h6-11,14H,5H2,1-4H3. The summed E-state index contributed by atoms with van der Waals surface area (Å²) in [6, 6.07) is 8.54. The van der Waals surface area contributed by atoms with Gasteiger partial charge in [-0.3, -0.25) is 0 Å². The molecule has 2 atom stereocenters. The summed E-state index contributed by atoms with van der Waals surface area (Å²) in [5, 5.41) is 3.23. The van der Waals surface area contributed by atoms with Crippen molar-refractivity contribution in [2.24, 2.45) is 0 Å². The second-order valence-corrected chi connectivity index (χ2v) is 3.88. The van der Waals surface area contributed by atoms with Crippen LogP contribution in [0.5, 0.6) is 5.75 Å². The zero-order valence-corrected chi connectivity index (χ0v) is 10.1. The van der Waals surface area contributed by atoms with Crippen LogP contribution in [0.4, 0.5) is 0 Å². The maximum absolute atomic E-state index is 5.88. The van der Waals surface area contributed by atoms with Gasteiger partial charge < -0.3 is 10.1 Å². The van der Waals surface area contributed by atoms with Crippen LogP contribution in [0.25, 0.3) is 0 Å².